The van der Waals surface area contributed by atoms with Gasteiger partial charge in [0, 0.05) is 33.0 Å². The number of para-hydroxylation sites is 1. The Kier molecular flexibility index (Phi) is 10.9. The number of benzene rings is 10. The van der Waals surface area contributed by atoms with Crippen LogP contribution in [0, 0.1) is 6.57 Å². The Hall–Kier alpha value is -9.28. The van der Waals surface area contributed by atoms with Crippen LogP contribution in [0.2, 0.25) is 0 Å². The van der Waals surface area contributed by atoms with Crippen molar-refractivity contribution in [2.45, 2.75) is 0 Å². The summed E-state index contributed by atoms with van der Waals surface area (Å²) < 4.78 is 2.41. The summed E-state index contributed by atoms with van der Waals surface area (Å²) in [5, 5.41) is 7.50. The van der Waals surface area contributed by atoms with E-state index >= 15 is 0 Å². The molecule has 0 aliphatic carbocycles. The van der Waals surface area contributed by atoms with E-state index in [1.165, 1.54) is 20.7 Å². The number of nitrogens with zero attached hydrogens (tertiary/aromatic N) is 5. The summed E-state index contributed by atoms with van der Waals surface area (Å²) in [6, 6.07) is 92.6. The fraction of sp³-hybridized carbons (Fsp3) is 0. The van der Waals surface area contributed by atoms with Gasteiger partial charge in [0.25, 0.3) is 0 Å². The van der Waals surface area contributed by atoms with E-state index in [0.29, 0.717) is 23.2 Å². The van der Waals surface area contributed by atoms with E-state index in [-0.39, 0.29) is 0 Å². The van der Waals surface area contributed by atoms with Crippen molar-refractivity contribution in [3.8, 4) is 62.1 Å². The van der Waals surface area contributed by atoms with Gasteiger partial charge in [0.2, 0.25) is 0 Å². The van der Waals surface area contributed by atoms with Crippen LogP contribution >= 0.6 is 0 Å². The van der Waals surface area contributed by atoms with Gasteiger partial charge in [-0.25, -0.2) is 19.8 Å². The lowest BCUT2D eigenvalue weighted by Gasteiger charge is -2.34. The first kappa shape index (κ1) is 42.1. The molecule has 70 heavy (non-hydrogen) atoms. The molecule has 12 aromatic rings. The summed E-state index contributed by atoms with van der Waals surface area (Å²) >= 11 is 0. The molecule has 12 rings (SSSR count). The molecule has 0 aliphatic heterocycles. The van der Waals surface area contributed by atoms with Crippen LogP contribution in [0.1, 0.15) is 0 Å². The SMILES string of the molecule is [C-]#[N+]c1cccc(-c2ccc3c4ccccc4n(-c4cc(-c5nc(-c6ccccc6)nc(-c6ccccc6)n5)ccc4-c4cccc([Si](c5ccccc5)(c5ccccc5)c5ccccc5)c4)c3c2)c1. The van der Waals surface area contributed by atoms with Crippen molar-refractivity contribution in [1.29, 1.82) is 0 Å². The number of fused-ring (bicyclic) bond motifs is 3. The van der Waals surface area contributed by atoms with Crippen LogP contribution in [0.25, 0.3) is 88.8 Å². The highest BCUT2D eigenvalue weighted by Gasteiger charge is 2.41. The Morgan fingerprint density at radius 1 is 0.329 bits per heavy atom. The van der Waals surface area contributed by atoms with Gasteiger partial charge in [-0.05, 0) is 61.7 Å². The first-order chi connectivity index (χ1) is 34.7. The van der Waals surface area contributed by atoms with E-state index < -0.39 is 8.07 Å². The lowest BCUT2D eigenvalue weighted by molar-refractivity contribution is 1.07. The van der Waals surface area contributed by atoms with Gasteiger partial charge in [-0.15, -0.1) is 0 Å². The first-order valence-corrected chi connectivity index (χ1v) is 25.5. The Morgan fingerprint density at radius 3 is 1.39 bits per heavy atom. The van der Waals surface area contributed by atoms with Crippen LogP contribution in [0.5, 0.6) is 0 Å². The Balaban J connectivity index is 1.15. The highest BCUT2D eigenvalue weighted by molar-refractivity contribution is 7.19. The van der Waals surface area contributed by atoms with Gasteiger partial charge in [-0.3, -0.25) is 0 Å². The van der Waals surface area contributed by atoms with Crippen molar-refractivity contribution < 1.29 is 0 Å². The summed E-state index contributed by atoms with van der Waals surface area (Å²) in [4.78, 5) is 19.2. The minimum Gasteiger partial charge on any atom is -0.309 e. The average Bonchev–Trinajstić information content (AvgIpc) is 3.78. The quantitative estimate of drug-likeness (QED) is 0.0780. The third kappa shape index (κ3) is 7.48. The molecule has 0 atom stereocenters. The molecule has 5 nitrogen and oxygen atoms in total. The topological polar surface area (TPSA) is 48.0 Å². The molecule has 0 radical (unpaired) electrons. The molecule has 0 fully saturated rings. The third-order valence-electron chi connectivity index (χ3n) is 13.4. The number of hydrogen-bond donors (Lipinski definition) is 0. The number of aromatic nitrogens is 4. The second-order valence-electron chi connectivity index (χ2n) is 17.4. The van der Waals surface area contributed by atoms with Gasteiger partial charge < -0.3 is 4.57 Å². The molecule has 0 spiro atoms. The molecule has 0 saturated carbocycles. The molecule has 0 amide bonds. The monoisotopic (exact) mass is 909 g/mol. The summed E-state index contributed by atoms with van der Waals surface area (Å²) in [5.74, 6) is 1.79. The summed E-state index contributed by atoms with van der Waals surface area (Å²) in [6.07, 6.45) is 0. The highest BCUT2D eigenvalue weighted by Crippen LogP contribution is 2.40. The summed E-state index contributed by atoms with van der Waals surface area (Å²) in [7, 11) is -2.88. The predicted molar refractivity (Wildman–Crippen MR) is 291 cm³/mol. The van der Waals surface area contributed by atoms with Crippen molar-refractivity contribution in [1.82, 2.24) is 19.5 Å². The van der Waals surface area contributed by atoms with Crippen LogP contribution in [0.4, 0.5) is 5.69 Å². The molecule has 10 aromatic carbocycles. The van der Waals surface area contributed by atoms with Gasteiger partial charge in [0.05, 0.1) is 23.3 Å². The fourth-order valence-electron chi connectivity index (χ4n) is 10.2. The normalized spacial score (nSPS) is 11.4. The van der Waals surface area contributed by atoms with Crippen molar-refractivity contribution >= 4 is 56.3 Å². The Labute approximate surface area is 408 Å². The first-order valence-electron chi connectivity index (χ1n) is 23.5. The Morgan fingerprint density at radius 2 is 0.786 bits per heavy atom. The number of hydrogen-bond acceptors (Lipinski definition) is 3. The van der Waals surface area contributed by atoms with Crippen LogP contribution in [-0.4, -0.2) is 27.6 Å². The van der Waals surface area contributed by atoms with Crippen LogP contribution < -0.4 is 20.7 Å². The maximum atomic E-state index is 7.78. The van der Waals surface area contributed by atoms with E-state index in [2.05, 4.69) is 191 Å². The maximum absolute atomic E-state index is 7.78. The minimum absolute atomic E-state index is 0.579. The van der Waals surface area contributed by atoms with Crippen molar-refractivity contribution in [2.24, 2.45) is 0 Å². The standard InChI is InChI=1S/C64H43N5Si/c1-65-51-27-19-25-47(41-51)48-37-40-58-57-35-17-18-36-59(57)69(61(58)43-48)60-44-50(64-67-62(45-21-7-2-8-22-45)66-63(68-64)46-23-9-3-10-24-46)38-39-56(60)49-26-20-34-55(42-49)70(52-28-11-4-12-29-52,53-30-13-5-14-31-53)54-32-15-6-16-33-54/h2-44H. The molecule has 328 valence electrons. The molecule has 0 N–H and O–H groups in total. The van der Waals surface area contributed by atoms with E-state index in [1.807, 2.05) is 78.9 Å². The van der Waals surface area contributed by atoms with Crippen LogP contribution in [-0.2, 0) is 0 Å². The molecular weight excluding hydrogens is 867 g/mol. The zero-order valence-corrected chi connectivity index (χ0v) is 39.1. The molecule has 6 heteroatoms. The van der Waals surface area contributed by atoms with Crippen molar-refractivity contribution in [2.75, 3.05) is 0 Å². The van der Waals surface area contributed by atoms with Gasteiger partial charge in [-0.2, -0.15) is 0 Å². The minimum atomic E-state index is -2.88. The van der Waals surface area contributed by atoms with E-state index in [0.717, 1.165) is 66.4 Å². The maximum Gasteiger partial charge on any atom is 0.187 e. The molecule has 0 saturated heterocycles. The smallest absolute Gasteiger partial charge is 0.187 e. The lowest BCUT2D eigenvalue weighted by atomic mass is 10.00. The molecule has 2 aromatic heterocycles. The van der Waals surface area contributed by atoms with Gasteiger partial charge in [0.15, 0.2) is 31.2 Å². The number of rotatable bonds is 10. The van der Waals surface area contributed by atoms with E-state index in [1.54, 1.807) is 0 Å². The zero-order chi connectivity index (χ0) is 46.9. The summed E-state index contributed by atoms with van der Waals surface area (Å²) in [6.45, 7) is 7.78. The largest absolute Gasteiger partial charge is 0.309 e. The average molecular weight is 910 g/mol. The van der Waals surface area contributed by atoms with E-state index in [4.69, 9.17) is 21.5 Å². The molecular formula is C64H43N5Si. The molecule has 0 unspecified atom stereocenters. The van der Waals surface area contributed by atoms with Crippen LogP contribution in [0.3, 0.4) is 0 Å². The highest BCUT2D eigenvalue weighted by atomic mass is 28.3. The molecule has 0 aliphatic rings. The van der Waals surface area contributed by atoms with Crippen molar-refractivity contribution in [3.63, 3.8) is 0 Å². The second kappa shape index (κ2) is 18.1. The zero-order valence-electron chi connectivity index (χ0n) is 38.1. The Bertz CT molecular complexity index is 3730. The lowest BCUT2D eigenvalue weighted by Crippen LogP contribution is -2.74. The molecule has 2 heterocycles. The fourth-order valence-corrected chi connectivity index (χ4v) is 15.0. The van der Waals surface area contributed by atoms with Crippen LogP contribution in [0.15, 0.2) is 261 Å². The van der Waals surface area contributed by atoms with Gasteiger partial charge in [0.1, 0.15) is 0 Å². The summed E-state index contributed by atoms with van der Waals surface area (Å²) in [5.41, 5.74) is 10.6. The third-order valence-corrected chi connectivity index (χ3v) is 18.2. The van der Waals surface area contributed by atoms with Crippen molar-refractivity contribution in [3.05, 3.63) is 272 Å². The van der Waals surface area contributed by atoms with E-state index in [9.17, 15) is 0 Å². The van der Waals surface area contributed by atoms with Gasteiger partial charge in [-0.1, -0.05) is 237 Å². The molecule has 0 bridgehead atoms. The predicted octanol–water partition coefficient (Wildman–Crippen LogP) is 13.2. The second-order valence-corrected chi connectivity index (χ2v) is 21.3. The van der Waals surface area contributed by atoms with Gasteiger partial charge >= 0.3 is 0 Å².